The van der Waals surface area contributed by atoms with Crippen molar-refractivity contribution in [1.82, 2.24) is 15.1 Å². The molecule has 4 fully saturated rings. The molecule has 1 aromatic heterocycles. The summed E-state index contributed by atoms with van der Waals surface area (Å²) in [6.07, 6.45) is 10.7. The van der Waals surface area contributed by atoms with Crippen molar-refractivity contribution in [3.05, 3.63) is 6.33 Å². The summed E-state index contributed by atoms with van der Waals surface area (Å²) in [6.45, 7) is 2.14. The van der Waals surface area contributed by atoms with Gasteiger partial charge in [-0.2, -0.15) is 4.68 Å². The van der Waals surface area contributed by atoms with Crippen LogP contribution in [0.15, 0.2) is 6.33 Å². The Morgan fingerprint density at radius 1 is 1.17 bits per heavy atom. The quantitative estimate of drug-likeness (QED) is 0.762. The van der Waals surface area contributed by atoms with Gasteiger partial charge in [-0.1, -0.05) is 11.7 Å². The Morgan fingerprint density at radius 3 is 2.70 bits per heavy atom. The first-order valence-electron chi connectivity index (χ1n) is 11.9. The van der Waals surface area contributed by atoms with Gasteiger partial charge in [-0.25, -0.2) is 4.39 Å². The third-order valence-corrected chi connectivity index (χ3v) is 9.80. The first-order valence-corrected chi connectivity index (χ1v) is 11.9. The van der Waals surface area contributed by atoms with Crippen LogP contribution in [0.4, 0.5) is 4.39 Å². The summed E-state index contributed by atoms with van der Waals surface area (Å²) in [4.78, 5) is 14.9. The highest BCUT2D eigenvalue weighted by molar-refractivity contribution is 5.80. The van der Waals surface area contributed by atoms with Crippen molar-refractivity contribution >= 4 is 5.78 Å². The Balaban J connectivity index is 1.31. The second kappa shape index (κ2) is 7.35. The highest BCUT2D eigenvalue weighted by Crippen LogP contribution is 2.64. The van der Waals surface area contributed by atoms with Crippen LogP contribution in [0, 0.1) is 40.9 Å². The zero-order valence-electron chi connectivity index (χ0n) is 18.3. The minimum absolute atomic E-state index is 0.103. The monoisotopic (exact) mass is 419 g/mol. The Labute approximate surface area is 178 Å². The molecule has 6 nitrogen and oxygen atoms in total. The summed E-state index contributed by atoms with van der Waals surface area (Å²) in [5.41, 5.74) is -0.966. The number of tetrazole rings is 1. The number of halogens is 1. The lowest BCUT2D eigenvalue weighted by atomic mass is 9.49. The number of hydrogen-bond acceptors (Lipinski definition) is 4. The fourth-order valence-corrected chi connectivity index (χ4v) is 8.31. The van der Waals surface area contributed by atoms with Crippen molar-refractivity contribution in [2.24, 2.45) is 48.0 Å². The number of carbonyl (C=O) groups is 1. The van der Waals surface area contributed by atoms with Crippen molar-refractivity contribution in [2.75, 3.05) is 6.67 Å². The maximum Gasteiger partial charge on any atom is 0.289 e. The van der Waals surface area contributed by atoms with Crippen molar-refractivity contribution in [2.45, 2.75) is 76.9 Å². The van der Waals surface area contributed by atoms with Gasteiger partial charge < -0.3 is 5.11 Å². The molecular weight excluding hydrogens is 383 g/mol. The van der Waals surface area contributed by atoms with Crippen LogP contribution in [0.1, 0.15) is 64.7 Å². The average molecular weight is 420 g/mol. The molecule has 4 aliphatic rings. The number of fused-ring (bicyclic) bond motifs is 5. The van der Waals surface area contributed by atoms with Crippen molar-refractivity contribution in [1.29, 1.82) is 0 Å². The summed E-state index contributed by atoms with van der Waals surface area (Å²) in [7, 11) is 1.82. The third-order valence-electron chi connectivity index (χ3n) is 9.80. The van der Waals surface area contributed by atoms with Crippen molar-refractivity contribution in [3.63, 3.8) is 0 Å². The molecule has 1 N–H and O–H groups in total. The van der Waals surface area contributed by atoms with Gasteiger partial charge in [0.15, 0.2) is 11.0 Å². The van der Waals surface area contributed by atoms with E-state index in [1.54, 1.807) is 15.8 Å². The van der Waals surface area contributed by atoms with Gasteiger partial charge >= 0.3 is 0 Å². The molecule has 4 aliphatic carbocycles. The molecule has 1 aromatic rings. The molecule has 1 heterocycles. The predicted octanol–water partition coefficient (Wildman–Crippen LogP) is 2.64. The molecule has 30 heavy (non-hydrogen) atoms. The van der Waals surface area contributed by atoms with E-state index in [1.165, 1.54) is 12.8 Å². The molecule has 5 rings (SSSR count). The van der Waals surface area contributed by atoms with Gasteiger partial charge in [0.25, 0.3) is 6.33 Å². The normalized spacial score (nSPS) is 45.5. The number of aryl methyl sites for hydroxylation is 1. The van der Waals surface area contributed by atoms with E-state index in [0.717, 1.165) is 32.1 Å². The van der Waals surface area contributed by atoms with Gasteiger partial charge in [0.1, 0.15) is 18.3 Å². The van der Waals surface area contributed by atoms with E-state index < -0.39 is 12.3 Å². The Kier molecular flexibility index (Phi) is 5.03. The van der Waals surface area contributed by atoms with Crippen LogP contribution in [0.2, 0.25) is 0 Å². The van der Waals surface area contributed by atoms with Gasteiger partial charge in [0.05, 0.1) is 12.6 Å². The topological polar surface area (TPSA) is 71.9 Å². The van der Waals surface area contributed by atoms with E-state index in [9.17, 15) is 14.3 Å². The molecule has 8 atom stereocenters. The molecule has 0 amide bonds. The average Bonchev–Trinajstić information content (AvgIpc) is 3.30. The number of alkyl halides is 1. The SMILES string of the molecule is Cn1nnc[n+]1CC(=O)[C@H]1CC[C@H]2[C@@H]3CC[C@@H]4C[C@@](O)(CF)CC[C@@H]4[C@H]3CC[C@]12C. The van der Waals surface area contributed by atoms with E-state index >= 15 is 0 Å². The minimum atomic E-state index is -1.07. The van der Waals surface area contributed by atoms with E-state index in [1.807, 2.05) is 7.05 Å². The minimum Gasteiger partial charge on any atom is -0.387 e. The standard InChI is InChI=1S/C23H36FN4O2/c1-22-9-7-17-16-8-10-23(30,13-24)11-15(16)3-4-18(17)19(22)5-6-20(22)21(29)12-28-14-25-26-27(28)2/h14-20,30H,3-13H2,1-2H3/q+1/t15-,16+,17-,18-,19+,20-,22+,23-/m1/s1. The molecule has 4 saturated carbocycles. The Morgan fingerprint density at radius 2 is 1.97 bits per heavy atom. The van der Waals surface area contributed by atoms with E-state index in [4.69, 9.17) is 0 Å². The highest BCUT2D eigenvalue weighted by Gasteiger charge is 2.59. The maximum atomic E-state index is 13.4. The zero-order chi connectivity index (χ0) is 21.1. The van der Waals surface area contributed by atoms with Gasteiger partial charge in [0, 0.05) is 5.92 Å². The second-order valence-electron chi connectivity index (χ2n) is 11.1. The largest absolute Gasteiger partial charge is 0.387 e. The van der Waals surface area contributed by atoms with Crippen LogP contribution >= 0.6 is 0 Å². The lowest BCUT2D eigenvalue weighted by Gasteiger charge is -2.56. The molecule has 7 heteroatoms. The number of ketones is 1. The van der Waals surface area contributed by atoms with Gasteiger partial charge in [0.2, 0.25) is 0 Å². The smallest absolute Gasteiger partial charge is 0.289 e. The van der Waals surface area contributed by atoms with Crippen molar-refractivity contribution in [3.8, 4) is 0 Å². The van der Waals surface area contributed by atoms with E-state index in [2.05, 4.69) is 17.2 Å². The van der Waals surface area contributed by atoms with E-state index in [-0.39, 0.29) is 11.3 Å². The summed E-state index contributed by atoms with van der Waals surface area (Å²) in [5, 5.41) is 18.3. The molecule has 0 bridgehead atoms. The number of rotatable bonds is 4. The number of aliphatic hydroxyl groups is 1. The molecule has 0 radical (unpaired) electrons. The fourth-order valence-electron chi connectivity index (χ4n) is 8.31. The Hall–Kier alpha value is -1.37. The summed E-state index contributed by atoms with van der Waals surface area (Å²) < 4.78 is 15.2. The summed E-state index contributed by atoms with van der Waals surface area (Å²) in [5.74, 6) is 3.62. The van der Waals surface area contributed by atoms with Gasteiger partial charge in [-0.3, -0.25) is 4.79 Å². The number of carbonyl (C=O) groups excluding carboxylic acids is 1. The lowest BCUT2D eigenvalue weighted by molar-refractivity contribution is -0.767. The number of aromatic nitrogens is 4. The fraction of sp³-hybridized carbons (Fsp3) is 0.913. The molecule has 0 aromatic carbocycles. The molecule has 0 unspecified atom stereocenters. The first kappa shape index (κ1) is 20.5. The summed E-state index contributed by atoms with van der Waals surface area (Å²) in [6, 6.07) is 0. The number of nitrogens with zero attached hydrogens (tertiary/aromatic N) is 4. The first-order chi connectivity index (χ1) is 14.3. The highest BCUT2D eigenvalue weighted by atomic mass is 19.1. The second-order valence-corrected chi connectivity index (χ2v) is 11.1. The lowest BCUT2D eigenvalue weighted by Crippen LogP contribution is -2.53. The van der Waals surface area contributed by atoms with Crippen LogP contribution in [-0.2, 0) is 18.4 Å². The van der Waals surface area contributed by atoms with Crippen LogP contribution in [0.25, 0.3) is 0 Å². The molecule has 0 aliphatic heterocycles. The maximum absolute atomic E-state index is 13.4. The van der Waals surface area contributed by atoms with Crippen LogP contribution in [-0.4, -0.2) is 38.3 Å². The molecule has 0 spiro atoms. The predicted molar refractivity (Wildman–Crippen MR) is 108 cm³/mol. The van der Waals surface area contributed by atoms with Gasteiger partial charge in [-0.05, 0) is 92.8 Å². The van der Waals surface area contributed by atoms with Crippen molar-refractivity contribution < 1.29 is 19.0 Å². The third kappa shape index (κ3) is 3.14. The molecular formula is C23H36FN4O2+. The zero-order valence-corrected chi connectivity index (χ0v) is 18.3. The summed E-state index contributed by atoms with van der Waals surface area (Å²) >= 11 is 0. The number of Topliss-reactive ketones (excluding diaryl/α,β-unsaturated/α-hetero) is 1. The molecule has 166 valence electrons. The Bertz CT molecular complexity index is 815. The van der Waals surface area contributed by atoms with Crippen LogP contribution < -0.4 is 4.68 Å². The van der Waals surface area contributed by atoms with Crippen LogP contribution in [0.5, 0.6) is 0 Å². The van der Waals surface area contributed by atoms with E-state index in [0.29, 0.717) is 54.8 Å². The van der Waals surface area contributed by atoms with Gasteiger partial charge in [-0.15, -0.1) is 0 Å². The molecule has 0 saturated heterocycles. The van der Waals surface area contributed by atoms with Crippen LogP contribution in [0.3, 0.4) is 0 Å². The number of hydrogen-bond donors (Lipinski definition) is 1.